The van der Waals surface area contributed by atoms with Crippen LogP contribution < -0.4 is 0 Å². The number of methoxy groups -OCH3 is 1. The molecule has 1 saturated heterocycles. The Morgan fingerprint density at radius 2 is 2.19 bits per heavy atom. The molecule has 0 radical (unpaired) electrons. The summed E-state index contributed by atoms with van der Waals surface area (Å²) in [7, 11) is 1.65. The minimum atomic E-state index is 0.139. The van der Waals surface area contributed by atoms with Gasteiger partial charge in [-0.25, -0.2) is 0 Å². The fraction of sp³-hybridized carbons (Fsp3) is 0.833. The molecule has 90 valence electrons. The summed E-state index contributed by atoms with van der Waals surface area (Å²) in [5.74, 6) is 0.604. The molecule has 0 spiro atoms. The zero-order chi connectivity index (χ0) is 12.0. The van der Waals surface area contributed by atoms with E-state index in [4.69, 9.17) is 10.00 Å². The first kappa shape index (κ1) is 13.0. The van der Waals surface area contributed by atoms with Crippen molar-refractivity contribution in [2.24, 2.45) is 11.8 Å². The van der Waals surface area contributed by atoms with E-state index in [1.54, 1.807) is 7.11 Å². The van der Waals surface area contributed by atoms with E-state index in [2.05, 4.69) is 6.07 Å². The maximum Gasteiger partial charge on any atom is 0.222 e. The smallest absolute Gasteiger partial charge is 0.222 e. The summed E-state index contributed by atoms with van der Waals surface area (Å²) in [6.07, 6.45) is 2.19. The standard InChI is InChI=1S/C12H20N2O2/c1-10(9-16-2)7-12(15)14-5-3-11(8-13)4-6-14/h10-11H,3-7,9H2,1-2H3. The molecule has 1 heterocycles. The average Bonchev–Trinajstić information content (AvgIpc) is 2.29. The molecule has 0 aromatic heterocycles. The van der Waals surface area contributed by atoms with Crippen LogP contribution in [0.15, 0.2) is 0 Å². The van der Waals surface area contributed by atoms with Gasteiger partial charge in [-0.1, -0.05) is 6.92 Å². The number of amides is 1. The second-order valence-electron chi connectivity index (χ2n) is 4.55. The first-order valence-electron chi connectivity index (χ1n) is 5.83. The van der Waals surface area contributed by atoms with Crippen LogP contribution in [0.3, 0.4) is 0 Å². The average molecular weight is 224 g/mol. The predicted octanol–water partition coefficient (Wildman–Crippen LogP) is 1.42. The molecule has 16 heavy (non-hydrogen) atoms. The van der Waals surface area contributed by atoms with E-state index in [-0.39, 0.29) is 17.7 Å². The molecule has 0 N–H and O–H groups in total. The van der Waals surface area contributed by atoms with Crippen LogP contribution in [0.2, 0.25) is 0 Å². The first-order chi connectivity index (χ1) is 7.67. The van der Waals surface area contributed by atoms with Crippen molar-refractivity contribution in [1.29, 1.82) is 5.26 Å². The lowest BCUT2D eigenvalue weighted by Crippen LogP contribution is -2.39. The molecule has 1 unspecified atom stereocenters. The van der Waals surface area contributed by atoms with Gasteiger partial charge in [0.1, 0.15) is 0 Å². The number of hydrogen-bond acceptors (Lipinski definition) is 3. The van der Waals surface area contributed by atoms with Crippen molar-refractivity contribution in [3.8, 4) is 6.07 Å². The van der Waals surface area contributed by atoms with Crippen LogP contribution in [-0.2, 0) is 9.53 Å². The molecule has 1 fully saturated rings. The van der Waals surface area contributed by atoms with Gasteiger partial charge in [0.05, 0.1) is 6.07 Å². The van der Waals surface area contributed by atoms with Crippen molar-refractivity contribution in [2.75, 3.05) is 26.8 Å². The SMILES string of the molecule is COCC(C)CC(=O)N1CCC(C#N)CC1. The molecule has 0 aromatic rings. The molecule has 1 atom stereocenters. The molecular formula is C12H20N2O2. The number of piperidine rings is 1. The zero-order valence-corrected chi connectivity index (χ0v) is 10.1. The fourth-order valence-electron chi connectivity index (χ4n) is 2.03. The number of ether oxygens (including phenoxy) is 1. The Bertz CT molecular complexity index is 265. The number of likely N-dealkylation sites (tertiary alicyclic amines) is 1. The molecule has 0 aromatic carbocycles. The van der Waals surface area contributed by atoms with Crippen molar-refractivity contribution in [2.45, 2.75) is 26.2 Å². The summed E-state index contributed by atoms with van der Waals surface area (Å²) in [5, 5.41) is 8.76. The molecule has 0 bridgehead atoms. The van der Waals surface area contributed by atoms with E-state index in [0.29, 0.717) is 13.0 Å². The van der Waals surface area contributed by atoms with Gasteiger partial charge in [-0.05, 0) is 18.8 Å². The van der Waals surface area contributed by atoms with Crippen LogP contribution in [0, 0.1) is 23.2 Å². The largest absolute Gasteiger partial charge is 0.384 e. The number of carbonyl (C=O) groups excluding carboxylic acids is 1. The van der Waals surface area contributed by atoms with E-state index >= 15 is 0 Å². The normalized spacial score (nSPS) is 19.2. The monoisotopic (exact) mass is 224 g/mol. The third-order valence-electron chi connectivity index (χ3n) is 3.00. The number of nitrogens with zero attached hydrogens (tertiary/aromatic N) is 2. The second-order valence-corrected chi connectivity index (χ2v) is 4.55. The van der Waals surface area contributed by atoms with E-state index in [1.165, 1.54) is 0 Å². The Morgan fingerprint density at radius 1 is 1.56 bits per heavy atom. The quantitative estimate of drug-likeness (QED) is 0.725. The molecule has 0 aliphatic carbocycles. The second kappa shape index (κ2) is 6.49. The highest BCUT2D eigenvalue weighted by molar-refractivity contribution is 5.76. The topological polar surface area (TPSA) is 53.3 Å². The van der Waals surface area contributed by atoms with Crippen molar-refractivity contribution in [1.82, 2.24) is 4.90 Å². The van der Waals surface area contributed by atoms with Crippen LogP contribution in [0.1, 0.15) is 26.2 Å². The van der Waals surface area contributed by atoms with Crippen molar-refractivity contribution in [3.05, 3.63) is 0 Å². The zero-order valence-electron chi connectivity index (χ0n) is 10.1. The molecule has 1 amide bonds. The van der Waals surface area contributed by atoms with Crippen molar-refractivity contribution in [3.63, 3.8) is 0 Å². The summed E-state index contributed by atoms with van der Waals surface area (Å²) in [6, 6.07) is 2.27. The van der Waals surface area contributed by atoms with Crippen LogP contribution in [0.5, 0.6) is 0 Å². The summed E-state index contributed by atoms with van der Waals surface area (Å²) in [6.45, 7) is 4.11. The lowest BCUT2D eigenvalue weighted by atomic mass is 9.97. The van der Waals surface area contributed by atoms with Gasteiger partial charge in [0.2, 0.25) is 5.91 Å². The fourth-order valence-corrected chi connectivity index (χ4v) is 2.03. The summed E-state index contributed by atoms with van der Waals surface area (Å²) in [4.78, 5) is 13.7. The van der Waals surface area contributed by atoms with Gasteiger partial charge in [-0.2, -0.15) is 5.26 Å². The van der Waals surface area contributed by atoms with E-state index in [0.717, 1.165) is 25.9 Å². The van der Waals surface area contributed by atoms with Crippen LogP contribution in [0.4, 0.5) is 0 Å². The van der Waals surface area contributed by atoms with Gasteiger partial charge in [0.25, 0.3) is 0 Å². The molecule has 1 aliphatic rings. The van der Waals surface area contributed by atoms with E-state index in [9.17, 15) is 4.79 Å². The minimum absolute atomic E-state index is 0.139. The highest BCUT2D eigenvalue weighted by atomic mass is 16.5. The molecular weight excluding hydrogens is 204 g/mol. The Morgan fingerprint density at radius 3 is 2.69 bits per heavy atom. The van der Waals surface area contributed by atoms with Crippen LogP contribution >= 0.6 is 0 Å². The van der Waals surface area contributed by atoms with Gasteiger partial charge in [0.15, 0.2) is 0 Å². The van der Waals surface area contributed by atoms with Crippen LogP contribution in [-0.4, -0.2) is 37.6 Å². The van der Waals surface area contributed by atoms with E-state index < -0.39 is 0 Å². The van der Waals surface area contributed by atoms with Gasteiger partial charge < -0.3 is 9.64 Å². The summed E-state index contributed by atoms with van der Waals surface area (Å²) < 4.78 is 5.01. The van der Waals surface area contributed by atoms with E-state index in [1.807, 2.05) is 11.8 Å². The van der Waals surface area contributed by atoms with Crippen LogP contribution in [0.25, 0.3) is 0 Å². The third kappa shape index (κ3) is 3.82. The molecule has 0 saturated carbocycles. The Kier molecular flexibility index (Phi) is 5.27. The Labute approximate surface area is 97.2 Å². The Balaban J connectivity index is 2.31. The number of rotatable bonds is 4. The maximum absolute atomic E-state index is 11.9. The molecule has 1 rings (SSSR count). The summed E-state index contributed by atoms with van der Waals surface area (Å²) in [5.41, 5.74) is 0. The van der Waals surface area contributed by atoms with Crippen molar-refractivity contribution >= 4 is 5.91 Å². The van der Waals surface area contributed by atoms with Gasteiger partial charge in [-0.3, -0.25) is 4.79 Å². The third-order valence-corrected chi connectivity index (χ3v) is 3.00. The first-order valence-corrected chi connectivity index (χ1v) is 5.83. The number of carbonyl (C=O) groups is 1. The minimum Gasteiger partial charge on any atom is -0.384 e. The van der Waals surface area contributed by atoms with Gasteiger partial charge >= 0.3 is 0 Å². The van der Waals surface area contributed by atoms with Gasteiger partial charge in [-0.15, -0.1) is 0 Å². The molecule has 4 nitrogen and oxygen atoms in total. The lowest BCUT2D eigenvalue weighted by Gasteiger charge is -2.30. The maximum atomic E-state index is 11.9. The number of nitriles is 1. The molecule has 4 heteroatoms. The summed E-state index contributed by atoms with van der Waals surface area (Å²) >= 11 is 0. The predicted molar refractivity (Wildman–Crippen MR) is 60.6 cm³/mol. The Hall–Kier alpha value is -1.08. The highest BCUT2D eigenvalue weighted by Gasteiger charge is 2.23. The highest BCUT2D eigenvalue weighted by Crippen LogP contribution is 2.17. The van der Waals surface area contributed by atoms with Crippen molar-refractivity contribution < 1.29 is 9.53 Å². The number of hydrogen-bond donors (Lipinski definition) is 0. The van der Waals surface area contributed by atoms with Gasteiger partial charge in [0, 0.05) is 39.1 Å². The lowest BCUT2D eigenvalue weighted by molar-refractivity contribution is -0.133. The molecule has 1 aliphatic heterocycles.